The molecule has 0 aliphatic rings. The summed E-state index contributed by atoms with van der Waals surface area (Å²) in [6.45, 7) is 6.46. The van der Waals surface area contributed by atoms with Crippen molar-refractivity contribution in [3.05, 3.63) is 18.2 Å². The maximum absolute atomic E-state index is 5.04. The van der Waals surface area contributed by atoms with E-state index in [0.29, 0.717) is 13.2 Å². The first-order chi connectivity index (χ1) is 6.38. The van der Waals surface area contributed by atoms with Crippen LogP contribution in [0.5, 0.6) is 0 Å². The Morgan fingerprint density at radius 3 is 3.08 bits per heavy atom. The van der Waals surface area contributed by atoms with Crippen LogP contribution in [0.2, 0.25) is 0 Å². The van der Waals surface area contributed by atoms with Gasteiger partial charge in [0, 0.05) is 18.9 Å². The standard InChI is InChI=1S/C9H17N3O/c1-3-6-12-7-5-10-9(12)8-11-13-4-2/h5,7,11H,3-4,6,8H2,1-2H3. The Balaban J connectivity index is 2.40. The highest BCUT2D eigenvalue weighted by molar-refractivity contribution is 4.91. The summed E-state index contributed by atoms with van der Waals surface area (Å²) < 4.78 is 2.13. The lowest BCUT2D eigenvalue weighted by Gasteiger charge is -2.06. The molecule has 1 aromatic rings. The lowest BCUT2D eigenvalue weighted by molar-refractivity contribution is 0.0442. The number of aromatic nitrogens is 2. The van der Waals surface area contributed by atoms with Gasteiger partial charge >= 0.3 is 0 Å². The van der Waals surface area contributed by atoms with Crippen LogP contribution >= 0.6 is 0 Å². The summed E-state index contributed by atoms with van der Waals surface area (Å²) in [4.78, 5) is 9.26. The summed E-state index contributed by atoms with van der Waals surface area (Å²) in [5.41, 5.74) is 2.85. The van der Waals surface area contributed by atoms with Gasteiger partial charge in [-0.3, -0.25) is 0 Å². The molecular formula is C9H17N3O. The van der Waals surface area contributed by atoms with Gasteiger partial charge in [-0.05, 0) is 13.3 Å². The van der Waals surface area contributed by atoms with Crippen LogP contribution in [-0.4, -0.2) is 16.2 Å². The Kier molecular flexibility index (Phi) is 4.49. The van der Waals surface area contributed by atoms with Crippen LogP contribution in [-0.2, 0) is 17.9 Å². The van der Waals surface area contributed by atoms with Crippen molar-refractivity contribution in [3.63, 3.8) is 0 Å². The van der Waals surface area contributed by atoms with E-state index in [9.17, 15) is 0 Å². The Labute approximate surface area is 78.9 Å². The minimum atomic E-state index is 0.668. The molecule has 1 N–H and O–H groups in total. The second-order valence-corrected chi connectivity index (χ2v) is 2.79. The average Bonchev–Trinajstić information content (AvgIpc) is 2.54. The first-order valence-electron chi connectivity index (χ1n) is 4.73. The SMILES string of the molecule is CCCn1ccnc1CNOCC. The van der Waals surface area contributed by atoms with Gasteiger partial charge in [0.2, 0.25) is 0 Å². The zero-order valence-corrected chi connectivity index (χ0v) is 8.29. The quantitative estimate of drug-likeness (QED) is 0.534. The summed E-state index contributed by atoms with van der Waals surface area (Å²) in [5, 5.41) is 0. The molecule has 0 atom stereocenters. The molecule has 0 saturated carbocycles. The molecule has 0 saturated heterocycles. The first-order valence-corrected chi connectivity index (χ1v) is 4.73. The maximum Gasteiger partial charge on any atom is 0.125 e. The average molecular weight is 183 g/mol. The molecule has 4 heteroatoms. The van der Waals surface area contributed by atoms with Crippen LogP contribution < -0.4 is 5.48 Å². The van der Waals surface area contributed by atoms with E-state index >= 15 is 0 Å². The Morgan fingerprint density at radius 1 is 1.54 bits per heavy atom. The van der Waals surface area contributed by atoms with Crippen molar-refractivity contribution in [1.29, 1.82) is 0 Å². The van der Waals surface area contributed by atoms with Gasteiger partial charge < -0.3 is 9.40 Å². The van der Waals surface area contributed by atoms with Crippen molar-refractivity contribution >= 4 is 0 Å². The molecule has 1 rings (SSSR count). The zero-order valence-electron chi connectivity index (χ0n) is 8.29. The van der Waals surface area contributed by atoms with E-state index in [2.05, 4.69) is 22.0 Å². The maximum atomic E-state index is 5.04. The lowest BCUT2D eigenvalue weighted by Crippen LogP contribution is -2.17. The monoisotopic (exact) mass is 183 g/mol. The number of nitrogens with zero attached hydrogens (tertiary/aromatic N) is 2. The van der Waals surface area contributed by atoms with Crippen molar-refractivity contribution in [3.8, 4) is 0 Å². The second kappa shape index (κ2) is 5.72. The molecule has 0 bridgehead atoms. The summed E-state index contributed by atoms with van der Waals surface area (Å²) in [5.74, 6) is 1.02. The van der Waals surface area contributed by atoms with Gasteiger partial charge in [-0.2, -0.15) is 5.48 Å². The van der Waals surface area contributed by atoms with Crippen molar-refractivity contribution < 1.29 is 4.84 Å². The van der Waals surface area contributed by atoms with E-state index in [1.165, 1.54) is 0 Å². The first kappa shape index (κ1) is 10.2. The van der Waals surface area contributed by atoms with Crippen molar-refractivity contribution in [1.82, 2.24) is 15.0 Å². The van der Waals surface area contributed by atoms with E-state index in [-0.39, 0.29) is 0 Å². The molecule has 0 aromatic carbocycles. The molecule has 4 nitrogen and oxygen atoms in total. The number of aryl methyl sites for hydroxylation is 1. The molecule has 0 aliphatic carbocycles. The van der Waals surface area contributed by atoms with Gasteiger partial charge in [0.1, 0.15) is 5.82 Å². The predicted octanol–water partition coefficient (Wildman–Crippen LogP) is 1.33. The van der Waals surface area contributed by atoms with Gasteiger partial charge in [0.15, 0.2) is 0 Å². The topological polar surface area (TPSA) is 39.1 Å². The van der Waals surface area contributed by atoms with Gasteiger partial charge in [-0.1, -0.05) is 6.92 Å². The minimum Gasteiger partial charge on any atom is -0.334 e. The van der Waals surface area contributed by atoms with E-state index in [1.807, 2.05) is 19.3 Å². The highest BCUT2D eigenvalue weighted by Crippen LogP contribution is 1.98. The number of nitrogens with one attached hydrogen (secondary N) is 1. The number of hydroxylamine groups is 1. The Bertz CT molecular complexity index is 235. The molecule has 0 unspecified atom stereocenters. The van der Waals surface area contributed by atoms with Crippen LogP contribution in [0, 0.1) is 0 Å². The van der Waals surface area contributed by atoms with Gasteiger partial charge in [0.05, 0.1) is 13.2 Å². The van der Waals surface area contributed by atoms with E-state index in [0.717, 1.165) is 18.8 Å². The van der Waals surface area contributed by atoms with Crippen LogP contribution in [0.1, 0.15) is 26.1 Å². The summed E-state index contributed by atoms with van der Waals surface area (Å²) in [7, 11) is 0. The second-order valence-electron chi connectivity index (χ2n) is 2.79. The largest absolute Gasteiger partial charge is 0.334 e. The highest BCUT2D eigenvalue weighted by atomic mass is 16.6. The molecule has 0 radical (unpaired) electrons. The minimum absolute atomic E-state index is 0.668. The van der Waals surface area contributed by atoms with Crippen molar-refractivity contribution in [2.45, 2.75) is 33.4 Å². The molecule has 1 heterocycles. The number of rotatable bonds is 6. The highest BCUT2D eigenvalue weighted by Gasteiger charge is 2.00. The fraction of sp³-hybridized carbons (Fsp3) is 0.667. The van der Waals surface area contributed by atoms with E-state index < -0.39 is 0 Å². The molecular weight excluding hydrogens is 166 g/mol. The lowest BCUT2D eigenvalue weighted by atomic mass is 10.4. The summed E-state index contributed by atoms with van der Waals surface area (Å²) in [6, 6.07) is 0. The summed E-state index contributed by atoms with van der Waals surface area (Å²) >= 11 is 0. The normalized spacial score (nSPS) is 10.6. The van der Waals surface area contributed by atoms with Crippen LogP contribution in [0.3, 0.4) is 0 Å². The fourth-order valence-electron chi connectivity index (χ4n) is 1.17. The predicted molar refractivity (Wildman–Crippen MR) is 51.0 cm³/mol. The van der Waals surface area contributed by atoms with Gasteiger partial charge in [0.25, 0.3) is 0 Å². The summed E-state index contributed by atoms with van der Waals surface area (Å²) in [6.07, 6.45) is 4.93. The Hall–Kier alpha value is -0.870. The molecule has 0 amide bonds. The number of hydrogen-bond acceptors (Lipinski definition) is 3. The molecule has 74 valence electrons. The fourth-order valence-corrected chi connectivity index (χ4v) is 1.17. The Morgan fingerprint density at radius 2 is 2.38 bits per heavy atom. The van der Waals surface area contributed by atoms with Crippen LogP contribution in [0.25, 0.3) is 0 Å². The molecule has 1 aromatic heterocycles. The van der Waals surface area contributed by atoms with E-state index in [4.69, 9.17) is 4.84 Å². The van der Waals surface area contributed by atoms with E-state index in [1.54, 1.807) is 0 Å². The third-order valence-corrected chi connectivity index (χ3v) is 1.74. The smallest absolute Gasteiger partial charge is 0.125 e. The molecule has 0 fully saturated rings. The van der Waals surface area contributed by atoms with Gasteiger partial charge in [-0.25, -0.2) is 4.98 Å². The molecule has 13 heavy (non-hydrogen) atoms. The van der Waals surface area contributed by atoms with Crippen molar-refractivity contribution in [2.24, 2.45) is 0 Å². The third-order valence-electron chi connectivity index (χ3n) is 1.74. The third kappa shape index (κ3) is 3.16. The zero-order chi connectivity index (χ0) is 9.52. The molecule has 0 aliphatic heterocycles. The number of imidazole rings is 1. The van der Waals surface area contributed by atoms with Crippen LogP contribution in [0.15, 0.2) is 12.4 Å². The van der Waals surface area contributed by atoms with Crippen molar-refractivity contribution in [2.75, 3.05) is 6.61 Å². The number of hydrogen-bond donors (Lipinski definition) is 1. The van der Waals surface area contributed by atoms with Crippen LogP contribution in [0.4, 0.5) is 0 Å². The molecule has 0 spiro atoms. The van der Waals surface area contributed by atoms with Gasteiger partial charge in [-0.15, -0.1) is 0 Å².